The van der Waals surface area contributed by atoms with E-state index < -0.39 is 12.0 Å². The zero-order valence-electron chi connectivity index (χ0n) is 15.1. The van der Waals surface area contributed by atoms with Crippen LogP contribution in [0.4, 0.5) is 0 Å². The highest BCUT2D eigenvalue weighted by molar-refractivity contribution is 5.97. The highest BCUT2D eigenvalue weighted by Gasteiger charge is 2.47. The molecule has 1 N–H and O–H groups in total. The molecule has 0 saturated carbocycles. The van der Waals surface area contributed by atoms with Gasteiger partial charge in [-0.15, -0.1) is 0 Å². The van der Waals surface area contributed by atoms with Gasteiger partial charge in [0.2, 0.25) is 0 Å². The van der Waals surface area contributed by atoms with Crippen LogP contribution in [0.25, 0.3) is 0 Å². The maximum Gasteiger partial charge on any atom is 0.320 e. The van der Waals surface area contributed by atoms with E-state index >= 15 is 0 Å². The fourth-order valence-electron chi connectivity index (χ4n) is 4.24. The lowest BCUT2D eigenvalue weighted by Gasteiger charge is -2.39. The van der Waals surface area contributed by atoms with Crippen LogP contribution in [-0.2, 0) is 4.79 Å². The molecular formula is C19H26N2O4. The molecule has 0 bridgehead atoms. The van der Waals surface area contributed by atoms with Gasteiger partial charge in [-0.1, -0.05) is 6.07 Å². The molecule has 2 aliphatic rings. The van der Waals surface area contributed by atoms with E-state index in [0.717, 1.165) is 24.9 Å². The summed E-state index contributed by atoms with van der Waals surface area (Å²) in [5, 5.41) is 9.35. The Balaban J connectivity index is 1.69. The lowest BCUT2D eigenvalue weighted by molar-refractivity contribution is -0.141. The van der Waals surface area contributed by atoms with Gasteiger partial charge in [0.1, 0.15) is 11.8 Å². The Labute approximate surface area is 148 Å². The van der Waals surface area contributed by atoms with Gasteiger partial charge in [-0.05, 0) is 56.3 Å². The smallest absolute Gasteiger partial charge is 0.320 e. The zero-order chi connectivity index (χ0) is 18.2. The molecule has 0 radical (unpaired) electrons. The minimum absolute atomic E-state index is 0.00663. The first-order chi connectivity index (χ1) is 11.8. The predicted molar refractivity (Wildman–Crippen MR) is 94.0 cm³/mol. The van der Waals surface area contributed by atoms with Gasteiger partial charge < -0.3 is 14.7 Å². The first-order valence-electron chi connectivity index (χ1n) is 8.72. The highest BCUT2D eigenvalue weighted by atomic mass is 16.5. The summed E-state index contributed by atoms with van der Waals surface area (Å²) in [5.74, 6) is -0.146. The summed E-state index contributed by atoms with van der Waals surface area (Å²) in [5.41, 5.74) is 1.67. The Bertz CT molecular complexity index is 680. The summed E-state index contributed by atoms with van der Waals surface area (Å²) in [6.45, 7) is 4.09. The van der Waals surface area contributed by atoms with Crippen LogP contribution in [0.15, 0.2) is 18.2 Å². The van der Waals surface area contributed by atoms with Gasteiger partial charge in [-0.25, -0.2) is 0 Å². The number of benzene rings is 1. The number of likely N-dealkylation sites (N-methyl/N-ethyl adjacent to an activating group) is 1. The fraction of sp³-hybridized carbons (Fsp3) is 0.579. The molecule has 6 nitrogen and oxygen atoms in total. The number of rotatable bonds is 3. The number of hydrogen-bond acceptors (Lipinski definition) is 4. The van der Waals surface area contributed by atoms with Crippen molar-refractivity contribution in [3.05, 3.63) is 29.3 Å². The average Bonchev–Trinajstić information content (AvgIpc) is 2.91. The van der Waals surface area contributed by atoms with E-state index in [2.05, 4.69) is 0 Å². The van der Waals surface area contributed by atoms with Crippen LogP contribution >= 0.6 is 0 Å². The van der Waals surface area contributed by atoms with Gasteiger partial charge in [0.05, 0.1) is 12.7 Å². The van der Waals surface area contributed by atoms with Gasteiger partial charge in [-0.3, -0.25) is 14.5 Å². The molecule has 1 aromatic carbocycles. The van der Waals surface area contributed by atoms with Crippen molar-refractivity contribution in [3.8, 4) is 5.75 Å². The fourth-order valence-corrected chi connectivity index (χ4v) is 4.24. The quantitative estimate of drug-likeness (QED) is 0.907. The van der Waals surface area contributed by atoms with Crippen LogP contribution in [0.1, 0.15) is 35.2 Å². The molecule has 6 heteroatoms. The number of carbonyl (C=O) groups is 2. The van der Waals surface area contributed by atoms with Crippen LogP contribution in [0.5, 0.6) is 5.75 Å². The second-order valence-electron chi connectivity index (χ2n) is 7.47. The zero-order valence-corrected chi connectivity index (χ0v) is 15.1. The number of carboxylic acids is 1. The van der Waals surface area contributed by atoms with Crippen LogP contribution < -0.4 is 4.74 Å². The SMILES string of the molecule is COc1cc(C)ccc1C(=O)N1CCC2(CC1)C[C@@H](C(=O)O)N(C)C2. The maximum atomic E-state index is 12.9. The van der Waals surface area contributed by atoms with Gasteiger partial charge >= 0.3 is 5.97 Å². The number of nitrogens with zero attached hydrogens (tertiary/aromatic N) is 2. The number of ether oxygens (including phenoxy) is 1. The molecule has 25 heavy (non-hydrogen) atoms. The number of carboxylic acid groups (broad SMARTS) is 1. The molecule has 2 fully saturated rings. The van der Waals surface area contributed by atoms with Crippen molar-refractivity contribution in [1.82, 2.24) is 9.80 Å². The van der Waals surface area contributed by atoms with E-state index in [1.165, 1.54) is 0 Å². The molecule has 0 unspecified atom stereocenters. The molecule has 1 atom stereocenters. The third-order valence-corrected chi connectivity index (χ3v) is 5.73. The van der Waals surface area contributed by atoms with E-state index in [9.17, 15) is 14.7 Å². The van der Waals surface area contributed by atoms with Crippen LogP contribution in [0.3, 0.4) is 0 Å². The number of aliphatic carboxylic acids is 1. The Morgan fingerprint density at radius 1 is 1.28 bits per heavy atom. The third-order valence-electron chi connectivity index (χ3n) is 5.73. The largest absolute Gasteiger partial charge is 0.496 e. The predicted octanol–water partition coefficient (Wildman–Crippen LogP) is 2.01. The van der Waals surface area contributed by atoms with Gasteiger partial charge in [-0.2, -0.15) is 0 Å². The topological polar surface area (TPSA) is 70.1 Å². The monoisotopic (exact) mass is 346 g/mol. The van der Waals surface area contributed by atoms with E-state index in [0.29, 0.717) is 30.8 Å². The first-order valence-corrected chi connectivity index (χ1v) is 8.72. The summed E-state index contributed by atoms with van der Waals surface area (Å²) < 4.78 is 5.37. The molecule has 0 aromatic heterocycles. The molecule has 2 heterocycles. The second-order valence-corrected chi connectivity index (χ2v) is 7.47. The number of amides is 1. The summed E-state index contributed by atoms with van der Waals surface area (Å²) >= 11 is 0. The molecule has 136 valence electrons. The summed E-state index contributed by atoms with van der Waals surface area (Å²) in [6, 6.07) is 5.22. The lowest BCUT2D eigenvalue weighted by atomic mass is 9.76. The number of methoxy groups -OCH3 is 1. The third kappa shape index (κ3) is 3.35. The number of piperidine rings is 1. The highest BCUT2D eigenvalue weighted by Crippen LogP contribution is 2.43. The normalized spacial score (nSPS) is 23.0. The van der Waals surface area contributed by atoms with E-state index in [4.69, 9.17) is 4.74 Å². The molecule has 3 rings (SSSR count). The van der Waals surface area contributed by atoms with E-state index in [1.54, 1.807) is 7.11 Å². The van der Waals surface area contributed by atoms with Crippen molar-refractivity contribution < 1.29 is 19.4 Å². The molecule has 2 aliphatic heterocycles. The summed E-state index contributed by atoms with van der Waals surface area (Å²) in [6.07, 6.45) is 2.37. The van der Waals surface area contributed by atoms with E-state index in [1.807, 2.05) is 42.0 Å². The Kier molecular flexibility index (Phi) is 4.73. The van der Waals surface area contributed by atoms with Crippen molar-refractivity contribution >= 4 is 11.9 Å². The van der Waals surface area contributed by atoms with Crippen LogP contribution in [0, 0.1) is 12.3 Å². The Hall–Kier alpha value is -2.08. The van der Waals surface area contributed by atoms with Crippen molar-refractivity contribution in [1.29, 1.82) is 0 Å². The van der Waals surface area contributed by atoms with Gasteiger partial charge in [0.15, 0.2) is 0 Å². The molecule has 1 aromatic rings. The minimum atomic E-state index is -0.748. The molecule has 2 saturated heterocycles. The number of carbonyl (C=O) groups excluding carboxylic acids is 1. The second kappa shape index (κ2) is 6.67. The van der Waals surface area contributed by atoms with Crippen LogP contribution in [-0.4, -0.2) is 66.6 Å². The first kappa shape index (κ1) is 17.7. The molecule has 0 aliphatic carbocycles. The summed E-state index contributed by atoms with van der Waals surface area (Å²) in [4.78, 5) is 28.0. The van der Waals surface area contributed by atoms with Crippen LogP contribution in [0.2, 0.25) is 0 Å². The number of aryl methyl sites for hydroxylation is 1. The minimum Gasteiger partial charge on any atom is -0.496 e. The Morgan fingerprint density at radius 3 is 2.52 bits per heavy atom. The molecular weight excluding hydrogens is 320 g/mol. The molecule has 1 spiro atoms. The number of hydrogen-bond donors (Lipinski definition) is 1. The van der Waals surface area contributed by atoms with E-state index in [-0.39, 0.29) is 11.3 Å². The van der Waals surface area contributed by atoms with Gasteiger partial charge in [0.25, 0.3) is 5.91 Å². The van der Waals surface area contributed by atoms with Crippen molar-refractivity contribution in [3.63, 3.8) is 0 Å². The lowest BCUT2D eigenvalue weighted by Crippen LogP contribution is -2.44. The maximum absolute atomic E-state index is 12.9. The van der Waals surface area contributed by atoms with Gasteiger partial charge in [0, 0.05) is 19.6 Å². The van der Waals surface area contributed by atoms with Crippen molar-refractivity contribution in [2.75, 3.05) is 33.8 Å². The van der Waals surface area contributed by atoms with Crippen molar-refractivity contribution in [2.24, 2.45) is 5.41 Å². The number of likely N-dealkylation sites (tertiary alicyclic amines) is 2. The summed E-state index contributed by atoms with van der Waals surface area (Å²) in [7, 11) is 3.46. The van der Waals surface area contributed by atoms with Crippen molar-refractivity contribution in [2.45, 2.75) is 32.2 Å². The average molecular weight is 346 g/mol. The molecule has 1 amide bonds. The standard InChI is InChI=1S/C19H26N2O4/c1-13-4-5-14(16(10-13)25-3)17(22)21-8-6-19(7-9-21)11-15(18(23)24)20(2)12-19/h4-5,10,15H,6-9,11-12H2,1-3H3,(H,23,24)/t15-/m0/s1. The Morgan fingerprint density at radius 2 is 1.96 bits per heavy atom.